The van der Waals surface area contributed by atoms with Crippen molar-refractivity contribution < 1.29 is 9.72 Å². The Bertz CT molecular complexity index is 955. The second kappa shape index (κ2) is 7.88. The molecule has 0 atom stereocenters. The van der Waals surface area contributed by atoms with Crippen LogP contribution in [0.5, 0.6) is 0 Å². The molecule has 1 amide bonds. The predicted octanol–water partition coefficient (Wildman–Crippen LogP) is 3.43. The van der Waals surface area contributed by atoms with Gasteiger partial charge in [0, 0.05) is 35.9 Å². The summed E-state index contributed by atoms with van der Waals surface area (Å²) in [6.45, 7) is 0.912. The molecule has 8 heteroatoms. The molecule has 0 fully saturated rings. The Kier molecular flexibility index (Phi) is 5.38. The van der Waals surface area contributed by atoms with Gasteiger partial charge in [-0.15, -0.1) is 0 Å². The Morgan fingerprint density at radius 2 is 1.96 bits per heavy atom. The van der Waals surface area contributed by atoms with E-state index >= 15 is 0 Å². The lowest BCUT2D eigenvalue weighted by Crippen LogP contribution is -2.31. The first-order valence-corrected chi connectivity index (χ1v) is 8.41. The van der Waals surface area contributed by atoms with Crippen LogP contribution in [0.15, 0.2) is 54.7 Å². The zero-order chi connectivity index (χ0) is 18.5. The molecule has 3 aromatic rings. The predicted molar refractivity (Wildman–Crippen MR) is 102 cm³/mol. The monoisotopic (exact) mass is 372 g/mol. The maximum Gasteiger partial charge on any atom is 0.292 e. The van der Waals surface area contributed by atoms with Gasteiger partial charge in [-0.3, -0.25) is 14.9 Å². The fourth-order valence-electron chi connectivity index (χ4n) is 2.69. The van der Waals surface area contributed by atoms with Gasteiger partial charge in [0.1, 0.15) is 12.2 Å². The van der Waals surface area contributed by atoms with E-state index in [9.17, 15) is 14.9 Å². The summed E-state index contributed by atoms with van der Waals surface area (Å²) in [6, 6.07) is 13.9. The molecule has 0 spiro atoms. The van der Waals surface area contributed by atoms with Crippen molar-refractivity contribution in [3.63, 3.8) is 0 Å². The molecule has 134 valence electrons. The molecule has 1 heterocycles. The number of anilines is 1. The van der Waals surface area contributed by atoms with E-state index in [4.69, 9.17) is 11.6 Å². The lowest BCUT2D eigenvalue weighted by Gasteiger charge is -2.09. The Morgan fingerprint density at radius 1 is 1.15 bits per heavy atom. The molecule has 2 aromatic carbocycles. The summed E-state index contributed by atoms with van der Waals surface area (Å²) in [5.41, 5.74) is 1.33. The molecule has 0 saturated heterocycles. The molecule has 0 aliphatic carbocycles. The molecule has 0 unspecified atom stereocenters. The average Bonchev–Trinajstić information content (AvgIpc) is 3.01. The quantitative estimate of drug-likeness (QED) is 0.378. The number of nitro groups is 1. The second-order valence-electron chi connectivity index (χ2n) is 5.70. The van der Waals surface area contributed by atoms with E-state index in [1.807, 2.05) is 35.0 Å². The van der Waals surface area contributed by atoms with Gasteiger partial charge in [0.2, 0.25) is 5.91 Å². The van der Waals surface area contributed by atoms with Crippen LogP contribution in [-0.2, 0) is 11.3 Å². The van der Waals surface area contributed by atoms with E-state index in [1.54, 1.807) is 18.2 Å². The highest BCUT2D eigenvalue weighted by molar-refractivity contribution is 6.31. The van der Waals surface area contributed by atoms with Crippen molar-refractivity contribution in [1.29, 1.82) is 0 Å². The van der Waals surface area contributed by atoms with Crippen LogP contribution < -0.4 is 10.6 Å². The number of para-hydroxylation sites is 2. The Hall–Kier alpha value is -3.06. The summed E-state index contributed by atoms with van der Waals surface area (Å²) in [5.74, 6) is -0.146. The van der Waals surface area contributed by atoms with E-state index in [2.05, 4.69) is 10.6 Å². The van der Waals surface area contributed by atoms with E-state index in [-0.39, 0.29) is 18.1 Å². The Labute approximate surface area is 154 Å². The first-order valence-electron chi connectivity index (χ1n) is 8.03. The van der Waals surface area contributed by atoms with Crippen LogP contribution >= 0.6 is 11.6 Å². The van der Waals surface area contributed by atoms with Gasteiger partial charge in [-0.25, -0.2) is 0 Å². The number of hydrogen-bond acceptors (Lipinski definition) is 4. The summed E-state index contributed by atoms with van der Waals surface area (Å²) in [7, 11) is 0. The Balaban J connectivity index is 1.52. The number of amides is 1. The summed E-state index contributed by atoms with van der Waals surface area (Å²) < 4.78 is 1.83. The number of carbonyl (C=O) groups is 1. The highest BCUT2D eigenvalue weighted by atomic mass is 35.5. The van der Waals surface area contributed by atoms with Gasteiger partial charge in [0.25, 0.3) is 5.69 Å². The smallest absolute Gasteiger partial charge is 0.292 e. The van der Waals surface area contributed by atoms with Crippen LogP contribution in [0.3, 0.4) is 0 Å². The fourth-order valence-corrected chi connectivity index (χ4v) is 2.85. The highest BCUT2D eigenvalue weighted by Crippen LogP contribution is 2.22. The van der Waals surface area contributed by atoms with Crippen LogP contribution in [0.25, 0.3) is 10.9 Å². The van der Waals surface area contributed by atoms with Gasteiger partial charge in [-0.1, -0.05) is 29.8 Å². The summed E-state index contributed by atoms with van der Waals surface area (Å²) in [4.78, 5) is 22.6. The zero-order valence-electron chi connectivity index (χ0n) is 13.8. The number of aromatic nitrogens is 1. The van der Waals surface area contributed by atoms with Crippen molar-refractivity contribution >= 4 is 39.8 Å². The van der Waals surface area contributed by atoms with Crippen LogP contribution in [0.2, 0.25) is 5.02 Å². The molecular weight excluding hydrogens is 356 g/mol. The third-order valence-corrected chi connectivity index (χ3v) is 4.15. The van der Waals surface area contributed by atoms with E-state index < -0.39 is 4.92 Å². The molecule has 0 bridgehead atoms. The van der Waals surface area contributed by atoms with Crippen molar-refractivity contribution in [3.05, 3.63) is 69.9 Å². The number of rotatable bonds is 7. The fraction of sp³-hybridized carbons (Fsp3) is 0.167. The molecule has 0 saturated carbocycles. The number of benzene rings is 2. The molecular formula is C18H17ClN4O3. The van der Waals surface area contributed by atoms with Crippen molar-refractivity contribution in [2.75, 3.05) is 18.4 Å². The summed E-state index contributed by atoms with van der Waals surface area (Å²) in [6.07, 6.45) is 1.84. The van der Waals surface area contributed by atoms with Crippen molar-refractivity contribution in [1.82, 2.24) is 9.88 Å². The minimum Gasteiger partial charge on any atom is -0.378 e. The minimum atomic E-state index is -0.441. The van der Waals surface area contributed by atoms with Crippen LogP contribution in [0, 0.1) is 10.1 Å². The first-order chi connectivity index (χ1) is 12.5. The lowest BCUT2D eigenvalue weighted by molar-refractivity contribution is -0.384. The Morgan fingerprint density at radius 3 is 2.77 bits per heavy atom. The van der Waals surface area contributed by atoms with Crippen molar-refractivity contribution in [2.45, 2.75) is 6.54 Å². The normalized spacial score (nSPS) is 10.7. The number of halogens is 1. The maximum atomic E-state index is 12.1. The molecule has 0 radical (unpaired) electrons. The number of carbonyl (C=O) groups excluding carboxylic acids is 1. The van der Waals surface area contributed by atoms with Crippen molar-refractivity contribution in [3.8, 4) is 0 Å². The van der Waals surface area contributed by atoms with Gasteiger partial charge in [0.05, 0.1) is 4.92 Å². The number of nitro benzene ring substituents is 1. The SMILES string of the molecule is O=C(Cn1ccc2ccc(Cl)cc21)NCCNc1ccccc1[N+](=O)[O-]. The lowest BCUT2D eigenvalue weighted by atomic mass is 10.2. The number of fused-ring (bicyclic) bond motifs is 1. The maximum absolute atomic E-state index is 12.1. The minimum absolute atomic E-state index is 0.00881. The van der Waals surface area contributed by atoms with Gasteiger partial charge in [-0.05, 0) is 29.7 Å². The van der Waals surface area contributed by atoms with E-state index in [1.165, 1.54) is 6.07 Å². The molecule has 2 N–H and O–H groups in total. The van der Waals surface area contributed by atoms with Crippen molar-refractivity contribution in [2.24, 2.45) is 0 Å². The molecule has 1 aromatic heterocycles. The van der Waals surface area contributed by atoms with E-state index in [0.29, 0.717) is 23.8 Å². The van der Waals surface area contributed by atoms with Gasteiger partial charge in [-0.2, -0.15) is 0 Å². The number of nitrogens with one attached hydrogen (secondary N) is 2. The third-order valence-electron chi connectivity index (χ3n) is 3.91. The molecule has 7 nitrogen and oxygen atoms in total. The number of hydrogen-bond donors (Lipinski definition) is 2. The number of nitrogens with zero attached hydrogens (tertiary/aromatic N) is 2. The summed E-state index contributed by atoms with van der Waals surface area (Å²) >= 11 is 6.01. The zero-order valence-corrected chi connectivity index (χ0v) is 14.6. The van der Waals surface area contributed by atoms with Crippen LogP contribution in [0.1, 0.15) is 0 Å². The highest BCUT2D eigenvalue weighted by Gasteiger charge is 2.11. The third kappa shape index (κ3) is 4.12. The largest absolute Gasteiger partial charge is 0.378 e. The summed E-state index contributed by atoms with van der Waals surface area (Å²) in [5, 5.41) is 18.3. The standard InChI is InChI=1S/C18H17ClN4O3/c19-14-6-5-13-7-10-22(17(13)11-14)12-18(24)21-9-8-20-15-3-1-2-4-16(15)23(25)26/h1-7,10-11,20H,8-9,12H2,(H,21,24). The average molecular weight is 373 g/mol. The van der Waals surface area contributed by atoms with Crippen LogP contribution in [0.4, 0.5) is 11.4 Å². The molecule has 3 rings (SSSR count). The van der Waals surface area contributed by atoms with Gasteiger partial charge in [0.15, 0.2) is 0 Å². The van der Waals surface area contributed by atoms with Gasteiger partial charge >= 0.3 is 0 Å². The molecule has 0 aliphatic heterocycles. The first kappa shape index (κ1) is 17.8. The molecule has 0 aliphatic rings. The van der Waals surface area contributed by atoms with E-state index in [0.717, 1.165) is 10.9 Å². The molecule has 26 heavy (non-hydrogen) atoms. The van der Waals surface area contributed by atoms with Crippen LogP contribution in [-0.4, -0.2) is 28.5 Å². The second-order valence-corrected chi connectivity index (χ2v) is 6.13. The van der Waals surface area contributed by atoms with Gasteiger partial charge < -0.3 is 15.2 Å². The topological polar surface area (TPSA) is 89.2 Å².